The number of carboxylic acids is 1. The first-order valence-electron chi connectivity index (χ1n) is 6.68. The molecular weight excluding hydrogens is 202 g/mol. The molecule has 2 aliphatic rings. The smallest absolute Gasteiger partial charge is 0.303 e. The summed E-state index contributed by atoms with van der Waals surface area (Å²) in [6.45, 7) is 2.15. The minimum atomic E-state index is -0.673. The molecule has 92 valence electrons. The lowest BCUT2D eigenvalue weighted by Crippen LogP contribution is -2.27. The zero-order valence-corrected chi connectivity index (χ0v) is 9.95. The second-order valence-corrected chi connectivity index (χ2v) is 5.49. The Morgan fingerprint density at radius 2 is 2.12 bits per heavy atom. The second kappa shape index (κ2) is 5.67. The van der Waals surface area contributed by atoms with E-state index in [0.29, 0.717) is 6.42 Å². The fourth-order valence-corrected chi connectivity index (χ4v) is 3.44. The summed E-state index contributed by atoms with van der Waals surface area (Å²) < 4.78 is 0. The highest BCUT2D eigenvalue weighted by molar-refractivity contribution is 5.66. The molecule has 2 fully saturated rings. The van der Waals surface area contributed by atoms with E-state index in [1.54, 1.807) is 0 Å². The number of hydrogen-bond acceptors (Lipinski definition) is 2. The minimum Gasteiger partial charge on any atom is -0.481 e. The first kappa shape index (κ1) is 11.9. The van der Waals surface area contributed by atoms with E-state index in [9.17, 15) is 4.79 Å². The molecule has 0 saturated heterocycles. The number of hydrogen-bond donors (Lipinski definition) is 2. The monoisotopic (exact) mass is 225 g/mol. The van der Waals surface area contributed by atoms with Crippen molar-refractivity contribution in [2.24, 2.45) is 17.8 Å². The highest BCUT2D eigenvalue weighted by Gasteiger charge is 2.38. The SMILES string of the molecule is O=C(O)CCCCNCC1CC2CCC1C2. The van der Waals surface area contributed by atoms with Crippen LogP contribution in [0, 0.1) is 17.8 Å². The van der Waals surface area contributed by atoms with E-state index in [1.807, 2.05) is 0 Å². The van der Waals surface area contributed by atoms with E-state index in [4.69, 9.17) is 5.11 Å². The fourth-order valence-electron chi connectivity index (χ4n) is 3.44. The van der Waals surface area contributed by atoms with Gasteiger partial charge in [0.15, 0.2) is 0 Å². The third kappa shape index (κ3) is 3.21. The molecule has 0 spiro atoms. The summed E-state index contributed by atoms with van der Waals surface area (Å²) in [7, 11) is 0. The Labute approximate surface area is 97.6 Å². The van der Waals surface area contributed by atoms with Gasteiger partial charge in [-0.05, 0) is 62.9 Å². The normalized spacial score (nSPS) is 32.1. The first-order chi connectivity index (χ1) is 7.75. The van der Waals surface area contributed by atoms with Gasteiger partial charge in [-0.3, -0.25) is 4.79 Å². The van der Waals surface area contributed by atoms with Gasteiger partial charge in [0.1, 0.15) is 0 Å². The molecule has 2 aliphatic carbocycles. The average Bonchev–Trinajstić information content (AvgIpc) is 2.84. The molecule has 3 nitrogen and oxygen atoms in total. The quantitative estimate of drug-likeness (QED) is 0.653. The van der Waals surface area contributed by atoms with Gasteiger partial charge in [0.05, 0.1) is 0 Å². The first-order valence-corrected chi connectivity index (χ1v) is 6.68. The van der Waals surface area contributed by atoms with E-state index in [0.717, 1.165) is 43.7 Å². The maximum absolute atomic E-state index is 10.3. The zero-order chi connectivity index (χ0) is 11.4. The Morgan fingerprint density at radius 3 is 2.75 bits per heavy atom. The van der Waals surface area contributed by atoms with Gasteiger partial charge in [-0.25, -0.2) is 0 Å². The van der Waals surface area contributed by atoms with E-state index in [-0.39, 0.29) is 0 Å². The number of aliphatic carboxylic acids is 1. The summed E-state index contributed by atoms with van der Waals surface area (Å²) in [5, 5.41) is 12.0. The lowest BCUT2D eigenvalue weighted by molar-refractivity contribution is -0.137. The van der Waals surface area contributed by atoms with Crippen LogP contribution in [-0.2, 0) is 4.79 Å². The summed E-state index contributed by atoms with van der Waals surface area (Å²) >= 11 is 0. The molecular formula is C13H23NO2. The summed E-state index contributed by atoms with van der Waals surface area (Å²) in [6, 6.07) is 0. The molecule has 0 aromatic rings. The van der Waals surface area contributed by atoms with E-state index in [2.05, 4.69) is 5.32 Å². The highest BCUT2D eigenvalue weighted by atomic mass is 16.4. The van der Waals surface area contributed by atoms with Crippen molar-refractivity contribution >= 4 is 5.97 Å². The van der Waals surface area contributed by atoms with Crippen molar-refractivity contribution < 1.29 is 9.90 Å². The van der Waals surface area contributed by atoms with Gasteiger partial charge in [-0.15, -0.1) is 0 Å². The van der Waals surface area contributed by atoms with Crippen molar-refractivity contribution in [3.05, 3.63) is 0 Å². The van der Waals surface area contributed by atoms with Crippen LogP contribution in [0.15, 0.2) is 0 Å². The molecule has 3 unspecified atom stereocenters. The maximum atomic E-state index is 10.3. The van der Waals surface area contributed by atoms with Gasteiger partial charge in [0, 0.05) is 6.42 Å². The molecule has 2 bridgehead atoms. The minimum absolute atomic E-state index is 0.315. The van der Waals surface area contributed by atoms with Crippen molar-refractivity contribution in [3.63, 3.8) is 0 Å². The molecule has 2 rings (SSSR count). The van der Waals surface area contributed by atoms with Gasteiger partial charge < -0.3 is 10.4 Å². The van der Waals surface area contributed by atoms with E-state index in [1.165, 1.54) is 25.7 Å². The third-order valence-electron chi connectivity index (χ3n) is 4.29. The molecule has 3 heteroatoms. The van der Waals surface area contributed by atoms with Crippen molar-refractivity contribution in [1.29, 1.82) is 0 Å². The van der Waals surface area contributed by atoms with Crippen LogP contribution < -0.4 is 5.32 Å². The van der Waals surface area contributed by atoms with Gasteiger partial charge in [0.2, 0.25) is 0 Å². The topological polar surface area (TPSA) is 49.3 Å². The molecule has 2 saturated carbocycles. The van der Waals surface area contributed by atoms with Crippen LogP contribution in [0.25, 0.3) is 0 Å². The van der Waals surface area contributed by atoms with Crippen LogP contribution in [0.3, 0.4) is 0 Å². The molecule has 3 atom stereocenters. The van der Waals surface area contributed by atoms with Crippen LogP contribution >= 0.6 is 0 Å². The number of carbonyl (C=O) groups is 1. The number of fused-ring (bicyclic) bond motifs is 2. The van der Waals surface area contributed by atoms with Crippen LogP contribution in [0.4, 0.5) is 0 Å². The Morgan fingerprint density at radius 1 is 1.25 bits per heavy atom. The Kier molecular flexibility index (Phi) is 4.22. The molecule has 2 N–H and O–H groups in total. The van der Waals surface area contributed by atoms with Gasteiger partial charge in [-0.1, -0.05) is 6.42 Å². The predicted octanol–water partition coefficient (Wildman–Crippen LogP) is 2.27. The van der Waals surface area contributed by atoms with Crippen molar-refractivity contribution in [3.8, 4) is 0 Å². The summed E-state index contributed by atoms with van der Waals surface area (Å²) in [4.78, 5) is 10.3. The molecule has 0 aliphatic heterocycles. The Bertz CT molecular complexity index is 242. The number of unbranched alkanes of at least 4 members (excludes halogenated alkanes) is 1. The lowest BCUT2D eigenvalue weighted by atomic mass is 9.89. The van der Waals surface area contributed by atoms with E-state index < -0.39 is 5.97 Å². The van der Waals surface area contributed by atoms with Gasteiger partial charge in [-0.2, -0.15) is 0 Å². The third-order valence-corrected chi connectivity index (χ3v) is 4.29. The summed E-state index contributed by atoms with van der Waals surface area (Å²) in [6.07, 6.45) is 7.95. The maximum Gasteiger partial charge on any atom is 0.303 e. The van der Waals surface area contributed by atoms with Crippen LogP contribution in [0.5, 0.6) is 0 Å². The van der Waals surface area contributed by atoms with Crippen molar-refractivity contribution in [1.82, 2.24) is 5.32 Å². The van der Waals surface area contributed by atoms with Crippen LogP contribution in [0.1, 0.15) is 44.9 Å². The molecule has 16 heavy (non-hydrogen) atoms. The Balaban J connectivity index is 1.48. The van der Waals surface area contributed by atoms with Crippen LogP contribution in [0.2, 0.25) is 0 Å². The molecule has 0 radical (unpaired) electrons. The molecule has 0 heterocycles. The zero-order valence-electron chi connectivity index (χ0n) is 9.95. The van der Waals surface area contributed by atoms with Crippen molar-refractivity contribution in [2.45, 2.75) is 44.9 Å². The van der Waals surface area contributed by atoms with Gasteiger partial charge >= 0.3 is 5.97 Å². The molecule has 0 aromatic carbocycles. The standard InChI is InChI=1S/C13H23NO2/c15-13(16)3-1-2-6-14-9-12-8-10-4-5-11(12)7-10/h10-12,14H,1-9H2,(H,15,16). The Hall–Kier alpha value is -0.570. The number of carboxylic acid groups (broad SMARTS) is 1. The van der Waals surface area contributed by atoms with Crippen molar-refractivity contribution in [2.75, 3.05) is 13.1 Å². The van der Waals surface area contributed by atoms with E-state index >= 15 is 0 Å². The largest absolute Gasteiger partial charge is 0.481 e. The predicted molar refractivity (Wildman–Crippen MR) is 63.3 cm³/mol. The average molecular weight is 225 g/mol. The number of rotatable bonds is 7. The summed E-state index contributed by atoms with van der Waals surface area (Å²) in [5.74, 6) is 2.27. The summed E-state index contributed by atoms with van der Waals surface area (Å²) in [5.41, 5.74) is 0. The van der Waals surface area contributed by atoms with Crippen LogP contribution in [-0.4, -0.2) is 24.2 Å². The highest BCUT2D eigenvalue weighted by Crippen LogP contribution is 2.47. The van der Waals surface area contributed by atoms with Gasteiger partial charge in [0.25, 0.3) is 0 Å². The molecule has 0 amide bonds. The fraction of sp³-hybridized carbons (Fsp3) is 0.923. The number of nitrogens with one attached hydrogen (secondary N) is 1. The lowest BCUT2D eigenvalue weighted by Gasteiger charge is -2.21. The molecule has 0 aromatic heterocycles. The second-order valence-electron chi connectivity index (χ2n) is 5.49.